The van der Waals surface area contributed by atoms with Crippen LogP contribution in [-0.4, -0.2) is 35.1 Å². The predicted octanol–water partition coefficient (Wildman–Crippen LogP) is 3.90. The van der Waals surface area contributed by atoms with Crippen LogP contribution in [0.3, 0.4) is 0 Å². The van der Waals surface area contributed by atoms with E-state index in [1.807, 2.05) is 0 Å². The number of esters is 2. The van der Waals surface area contributed by atoms with Gasteiger partial charge in [0.25, 0.3) is 11.2 Å². The number of hydrogen-bond acceptors (Lipinski definition) is 11. The van der Waals surface area contributed by atoms with Gasteiger partial charge in [-0.05, 0) is 43.7 Å². The average Bonchev–Trinajstić information content (AvgIpc) is 3.56. The summed E-state index contributed by atoms with van der Waals surface area (Å²) < 4.78 is 23.6. The zero-order chi connectivity index (χ0) is 30.8. The zero-order valence-electron chi connectivity index (χ0n) is 23.5. The number of carbonyl (C=O) groups is 2. The molecule has 5 rings (SSSR count). The molecule has 0 aliphatic carbocycles. The highest BCUT2D eigenvalue weighted by Crippen LogP contribution is 2.36. The summed E-state index contributed by atoms with van der Waals surface area (Å²) in [6, 6.07) is 13.2. The number of carbonyl (C=O) groups excluding carboxylic acids is 2. The Bertz CT molecular complexity index is 1980. The van der Waals surface area contributed by atoms with Gasteiger partial charge in [0, 0.05) is 30.7 Å². The highest BCUT2D eigenvalue weighted by molar-refractivity contribution is 7.07. The number of hydrogen-bond donors (Lipinski definition) is 0. The maximum absolute atomic E-state index is 13.9. The summed E-state index contributed by atoms with van der Waals surface area (Å²) in [6.45, 7) is 4.73. The van der Waals surface area contributed by atoms with Gasteiger partial charge in [0.2, 0.25) is 0 Å². The van der Waals surface area contributed by atoms with Crippen LogP contribution < -0.4 is 24.4 Å². The van der Waals surface area contributed by atoms with Gasteiger partial charge in [0.15, 0.2) is 16.3 Å². The van der Waals surface area contributed by atoms with E-state index in [1.165, 1.54) is 36.8 Å². The molecule has 3 heterocycles. The fourth-order valence-electron chi connectivity index (χ4n) is 4.69. The first kappa shape index (κ1) is 29.2. The van der Waals surface area contributed by atoms with E-state index in [4.69, 9.17) is 18.6 Å². The molecule has 0 amide bonds. The van der Waals surface area contributed by atoms with Gasteiger partial charge >= 0.3 is 11.9 Å². The van der Waals surface area contributed by atoms with E-state index in [9.17, 15) is 24.5 Å². The molecule has 0 bridgehead atoms. The van der Waals surface area contributed by atoms with Gasteiger partial charge < -0.3 is 18.6 Å². The van der Waals surface area contributed by atoms with Crippen molar-refractivity contribution < 1.29 is 33.1 Å². The second-order valence-corrected chi connectivity index (χ2v) is 10.3. The van der Waals surface area contributed by atoms with Crippen LogP contribution >= 0.6 is 11.3 Å². The monoisotopic (exact) mass is 603 g/mol. The fraction of sp³-hybridized carbons (Fsp3) is 0.200. The Kier molecular flexibility index (Phi) is 8.08. The third-order valence-electron chi connectivity index (χ3n) is 6.52. The van der Waals surface area contributed by atoms with Crippen molar-refractivity contribution in [3.05, 3.63) is 107 Å². The van der Waals surface area contributed by atoms with E-state index in [0.29, 0.717) is 33.1 Å². The number of nitro benzene ring substituents is 1. The van der Waals surface area contributed by atoms with Crippen LogP contribution in [0.5, 0.6) is 11.5 Å². The number of non-ortho nitro benzene ring substituents is 1. The van der Waals surface area contributed by atoms with Crippen LogP contribution in [0.2, 0.25) is 0 Å². The third-order valence-corrected chi connectivity index (χ3v) is 7.50. The molecule has 1 aliphatic rings. The molecule has 1 aliphatic heterocycles. The molecule has 0 radical (unpaired) electrons. The molecule has 13 heteroatoms. The molecule has 0 spiro atoms. The minimum Gasteiger partial charge on any atom is -0.493 e. The second kappa shape index (κ2) is 11.9. The van der Waals surface area contributed by atoms with E-state index in [0.717, 1.165) is 11.3 Å². The van der Waals surface area contributed by atoms with Crippen molar-refractivity contribution in [1.82, 2.24) is 4.57 Å². The number of benzene rings is 2. The van der Waals surface area contributed by atoms with Gasteiger partial charge in [-0.1, -0.05) is 29.5 Å². The maximum atomic E-state index is 13.9. The van der Waals surface area contributed by atoms with E-state index in [1.54, 1.807) is 56.3 Å². The lowest BCUT2D eigenvalue weighted by Crippen LogP contribution is -2.39. The molecular formula is C30H25N3O9S. The summed E-state index contributed by atoms with van der Waals surface area (Å²) in [5.41, 5.74) is 1.06. The highest BCUT2D eigenvalue weighted by Gasteiger charge is 2.34. The molecule has 0 fully saturated rings. The molecule has 12 nitrogen and oxygen atoms in total. The summed E-state index contributed by atoms with van der Waals surface area (Å²) in [7, 11) is 1.41. The highest BCUT2D eigenvalue weighted by atomic mass is 32.1. The smallest absolute Gasteiger partial charge is 0.338 e. The first-order valence-corrected chi connectivity index (χ1v) is 13.8. The van der Waals surface area contributed by atoms with Gasteiger partial charge in [-0.3, -0.25) is 24.3 Å². The number of ether oxygens (including phenoxy) is 3. The quantitative estimate of drug-likeness (QED) is 0.126. The standard InChI is InChI=1S/C30H25N3O9S/c1-5-40-29(36)26-16(2)31-30-32(27(26)19-9-11-23(41-17(3)34)24(14-19)39-4)28(35)25(43-30)15-21-10-12-22(42-21)18-7-6-8-20(13-18)33(37)38/h6-15,27H,5H2,1-4H3/b25-15-/t27-/m0/s1. The molecule has 220 valence electrons. The number of thiazole rings is 1. The van der Waals surface area contributed by atoms with Crippen LogP contribution in [0.25, 0.3) is 17.4 Å². The number of allylic oxidation sites excluding steroid dienone is 1. The number of nitro groups is 1. The Labute approximate surface area is 247 Å². The first-order valence-electron chi connectivity index (χ1n) is 13.0. The number of aromatic nitrogens is 1. The summed E-state index contributed by atoms with van der Waals surface area (Å²) in [6.07, 6.45) is 1.55. The van der Waals surface area contributed by atoms with Gasteiger partial charge in [-0.25, -0.2) is 9.79 Å². The molecule has 2 aromatic heterocycles. The van der Waals surface area contributed by atoms with E-state index >= 15 is 0 Å². The lowest BCUT2D eigenvalue weighted by Gasteiger charge is -2.25. The van der Waals surface area contributed by atoms with Crippen LogP contribution in [0.4, 0.5) is 5.69 Å². The topological polar surface area (TPSA) is 152 Å². The maximum Gasteiger partial charge on any atom is 0.338 e. The van der Waals surface area contributed by atoms with Crippen LogP contribution in [-0.2, 0) is 14.3 Å². The van der Waals surface area contributed by atoms with Gasteiger partial charge in [-0.2, -0.15) is 0 Å². The van der Waals surface area contributed by atoms with Crippen molar-refractivity contribution in [1.29, 1.82) is 0 Å². The van der Waals surface area contributed by atoms with Crippen molar-refractivity contribution in [2.45, 2.75) is 26.8 Å². The van der Waals surface area contributed by atoms with E-state index in [-0.39, 0.29) is 33.9 Å². The lowest BCUT2D eigenvalue weighted by atomic mass is 9.95. The Morgan fingerprint density at radius 3 is 2.65 bits per heavy atom. The van der Waals surface area contributed by atoms with Crippen molar-refractivity contribution >= 4 is 35.0 Å². The average molecular weight is 604 g/mol. The molecule has 0 N–H and O–H groups in total. The number of methoxy groups -OCH3 is 1. The predicted molar refractivity (Wildman–Crippen MR) is 156 cm³/mol. The van der Waals surface area contributed by atoms with Crippen LogP contribution in [0.1, 0.15) is 38.1 Å². The number of fused-ring (bicyclic) bond motifs is 1. The van der Waals surface area contributed by atoms with Crippen molar-refractivity contribution in [3.8, 4) is 22.8 Å². The fourth-order valence-corrected chi connectivity index (χ4v) is 5.71. The van der Waals surface area contributed by atoms with E-state index < -0.39 is 28.5 Å². The summed E-state index contributed by atoms with van der Waals surface area (Å²) in [4.78, 5) is 54.2. The normalized spacial score (nSPS) is 14.6. The molecule has 1 atom stereocenters. The van der Waals surface area contributed by atoms with Crippen LogP contribution in [0.15, 0.2) is 80.1 Å². The molecule has 2 aromatic carbocycles. The van der Waals surface area contributed by atoms with Gasteiger partial charge in [0.05, 0.1) is 40.5 Å². The second-order valence-electron chi connectivity index (χ2n) is 9.32. The van der Waals surface area contributed by atoms with Crippen LogP contribution in [0, 0.1) is 10.1 Å². The Hall–Kier alpha value is -5.30. The van der Waals surface area contributed by atoms with Gasteiger partial charge in [0.1, 0.15) is 11.5 Å². The largest absolute Gasteiger partial charge is 0.493 e. The molecule has 4 aromatic rings. The third kappa shape index (κ3) is 5.75. The Morgan fingerprint density at radius 2 is 1.95 bits per heavy atom. The molecule has 43 heavy (non-hydrogen) atoms. The van der Waals surface area contributed by atoms with Crippen molar-refractivity contribution in [3.63, 3.8) is 0 Å². The molecule has 0 unspecified atom stereocenters. The first-order chi connectivity index (χ1) is 20.6. The Morgan fingerprint density at radius 1 is 1.16 bits per heavy atom. The Balaban J connectivity index is 1.63. The molecular weight excluding hydrogens is 578 g/mol. The van der Waals surface area contributed by atoms with Crippen molar-refractivity contribution in [2.24, 2.45) is 4.99 Å². The summed E-state index contributed by atoms with van der Waals surface area (Å²) in [5, 5.41) is 11.2. The minimum absolute atomic E-state index is 0.0750. The summed E-state index contributed by atoms with van der Waals surface area (Å²) >= 11 is 1.11. The van der Waals surface area contributed by atoms with Gasteiger partial charge in [-0.15, -0.1) is 0 Å². The molecule has 0 saturated carbocycles. The lowest BCUT2D eigenvalue weighted by molar-refractivity contribution is -0.384. The number of rotatable bonds is 8. The number of furan rings is 1. The van der Waals surface area contributed by atoms with E-state index in [2.05, 4.69) is 4.99 Å². The summed E-state index contributed by atoms with van der Waals surface area (Å²) in [5.74, 6) is -0.0100. The zero-order valence-corrected chi connectivity index (χ0v) is 24.3. The minimum atomic E-state index is -0.922. The molecule has 0 saturated heterocycles. The number of nitrogens with zero attached hydrogens (tertiary/aromatic N) is 3. The SMILES string of the molecule is CCOC(=O)C1=C(C)N=c2s/c(=C\c3ccc(-c4cccc([N+](=O)[O-])c4)o3)c(=O)n2[C@H]1c1ccc(OC(C)=O)c(OC)c1. The van der Waals surface area contributed by atoms with Crippen molar-refractivity contribution in [2.75, 3.05) is 13.7 Å².